The lowest BCUT2D eigenvalue weighted by molar-refractivity contribution is 0.196. The van der Waals surface area contributed by atoms with Crippen molar-refractivity contribution in [2.24, 2.45) is 0 Å². The SMILES string of the molecule is N#Cc1nc(OCCO)ccc1N. The molecule has 0 aliphatic carbocycles. The maximum atomic E-state index is 8.57. The minimum Gasteiger partial charge on any atom is -0.475 e. The molecule has 0 fully saturated rings. The molecule has 1 heterocycles. The Kier molecular flexibility index (Phi) is 3.06. The van der Waals surface area contributed by atoms with Crippen molar-refractivity contribution in [3.63, 3.8) is 0 Å². The van der Waals surface area contributed by atoms with Gasteiger partial charge in [0, 0.05) is 6.07 Å². The number of nitriles is 1. The number of aliphatic hydroxyl groups excluding tert-OH is 1. The van der Waals surface area contributed by atoms with Gasteiger partial charge in [0.2, 0.25) is 5.88 Å². The molecule has 0 atom stereocenters. The van der Waals surface area contributed by atoms with Crippen LogP contribution in [0.1, 0.15) is 5.69 Å². The molecular weight excluding hydrogens is 170 g/mol. The first-order valence-electron chi connectivity index (χ1n) is 3.68. The van der Waals surface area contributed by atoms with Crippen LogP contribution >= 0.6 is 0 Å². The van der Waals surface area contributed by atoms with Crippen LogP contribution in [0.15, 0.2) is 12.1 Å². The molecule has 0 spiro atoms. The van der Waals surface area contributed by atoms with Gasteiger partial charge in [-0.15, -0.1) is 0 Å². The fourth-order valence-corrected chi connectivity index (χ4v) is 0.772. The standard InChI is InChI=1S/C8H9N3O2/c9-5-7-6(10)1-2-8(11-7)13-4-3-12/h1-2,12H,3-4,10H2. The fraction of sp³-hybridized carbons (Fsp3) is 0.250. The highest BCUT2D eigenvalue weighted by Gasteiger charge is 2.01. The van der Waals surface area contributed by atoms with E-state index in [0.717, 1.165) is 0 Å². The number of pyridine rings is 1. The van der Waals surface area contributed by atoms with Crippen LogP contribution in [-0.2, 0) is 0 Å². The lowest BCUT2D eigenvalue weighted by Gasteiger charge is -2.03. The second-order valence-corrected chi connectivity index (χ2v) is 2.27. The minimum atomic E-state index is -0.0893. The molecule has 0 aliphatic heterocycles. The predicted octanol–water partition coefficient (Wildman–Crippen LogP) is -0.0934. The Hall–Kier alpha value is -1.80. The van der Waals surface area contributed by atoms with Crippen LogP contribution in [0.5, 0.6) is 5.88 Å². The van der Waals surface area contributed by atoms with E-state index in [-0.39, 0.29) is 18.9 Å². The first-order chi connectivity index (χ1) is 6.27. The summed E-state index contributed by atoms with van der Waals surface area (Å²) >= 11 is 0. The number of nitrogen functional groups attached to an aromatic ring is 1. The molecule has 0 radical (unpaired) electrons. The third-order valence-corrected chi connectivity index (χ3v) is 1.35. The largest absolute Gasteiger partial charge is 0.475 e. The van der Waals surface area contributed by atoms with Gasteiger partial charge in [0.15, 0.2) is 5.69 Å². The molecule has 5 heteroatoms. The number of anilines is 1. The van der Waals surface area contributed by atoms with Crippen LogP contribution in [0.4, 0.5) is 5.69 Å². The van der Waals surface area contributed by atoms with Crippen LogP contribution in [0.25, 0.3) is 0 Å². The third-order valence-electron chi connectivity index (χ3n) is 1.35. The summed E-state index contributed by atoms with van der Waals surface area (Å²) in [7, 11) is 0. The van der Waals surface area contributed by atoms with E-state index in [0.29, 0.717) is 11.6 Å². The highest BCUT2D eigenvalue weighted by Crippen LogP contribution is 2.13. The molecule has 1 aromatic rings. The topological polar surface area (TPSA) is 92.2 Å². The average molecular weight is 179 g/mol. The van der Waals surface area contributed by atoms with E-state index < -0.39 is 0 Å². The summed E-state index contributed by atoms with van der Waals surface area (Å²) < 4.78 is 4.98. The van der Waals surface area contributed by atoms with Crippen molar-refractivity contribution in [2.45, 2.75) is 0 Å². The van der Waals surface area contributed by atoms with Crippen molar-refractivity contribution >= 4 is 5.69 Å². The second-order valence-electron chi connectivity index (χ2n) is 2.27. The Balaban J connectivity index is 2.82. The van der Waals surface area contributed by atoms with Gasteiger partial charge in [-0.25, -0.2) is 4.98 Å². The van der Waals surface area contributed by atoms with Crippen LogP contribution in [0, 0.1) is 11.3 Å². The molecule has 0 unspecified atom stereocenters. The van der Waals surface area contributed by atoms with Gasteiger partial charge in [0.1, 0.15) is 12.7 Å². The maximum Gasteiger partial charge on any atom is 0.214 e. The Labute approximate surface area is 75.4 Å². The Morgan fingerprint density at radius 2 is 2.38 bits per heavy atom. The number of nitrogens with two attached hydrogens (primary N) is 1. The van der Waals surface area contributed by atoms with Gasteiger partial charge in [-0.05, 0) is 6.07 Å². The molecule has 0 amide bonds. The van der Waals surface area contributed by atoms with Crippen molar-refractivity contribution in [1.29, 1.82) is 5.26 Å². The average Bonchev–Trinajstić information content (AvgIpc) is 2.16. The molecule has 1 rings (SSSR count). The molecule has 3 N–H and O–H groups in total. The zero-order valence-corrected chi connectivity index (χ0v) is 6.90. The van der Waals surface area contributed by atoms with Crippen molar-refractivity contribution in [3.05, 3.63) is 17.8 Å². The summed E-state index contributed by atoms with van der Waals surface area (Å²) in [4.78, 5) is 3.81. The van der Waals surface area contributed by atoms with E-state index in [2.05, 4.69) is 4.98 Å². The molecule has 0 saturated carbocycles. The quantitative estimate of drug-likeness (QED) is 0.676. The number of aliphatic hydroxyl groups is 1. The van der Waals surface area contributed by atoms with Crippen molar-refractivity contribution in [1.82, 2.24) is 4.98 Å². The third kappa shape index (κ3) is 2.32. The smallest absolute Gasteiger partial charge is 0.214 e. The van der Waals surface area contributed by atoms with Gasteiger partial charge in [0.25, 0.3) is 0 Å². The van der Waals surface area contributed by atoms with Crippen molar-refractivity contribution in [2.75, 3.05) is 18.9 Å². The maximum absolute atomic E-state index is 8.57. The number of ether oxygens (including phenoxy) is 1. The lowest BCUT2D eigenvalue weighted by Crippen LogP contribution is -2.04. The molecule has 0 aromatic carbocycles. The number of nitrogens with zero attached hydrogens (tertiary/aromatic N) is 2. The highest BCUT2D eigenvalue weighted by atomic mass is 16.5. The number of aromatic nitrogens is 1. The molecule has 5 nitrogen and oxygen atoms in total. The van der Waals surface area contributed by atoms with Crippen molar-refractivity contribution < 1.29 is 9.84 Å². The molecule has 68 valence electrons. The Morgan fingerprint density at radius 1 is 1.62 bits per heavy atom. The van der Waals surface area contributed by atoms with Crippen LogP contribution < -0.4 is 10.5 Å². The van der Waals surface area contributed by atoms with Gasteiger partial charge in [-0.1, -0.05) is 0 Å². The Morgan fingerprint density at radius 3 is 3.00 bits per heavy atom. The van der Waals surface area contributed by atoms with E-state index in [1.165, 1.54) is 6.07 Å². The summed E-state index contributed by atoms with van der Waals surface area (Å²) in [5.74, 6) is 0.291. The van der Waals surface area contributed by atoms with Gasteiger partial charge in [-0.2, -0.15) is 5.26 Å². The van der Waals surface area contributed by atoms with Crippen LogP contribution in [-0.4, -0.2) is 23.3 Å². The van der Waals surface area contributed by atoms with Crippen LogP contribution in [0.3, 0.4) is 0 Å². The molecule has 0 bridgehead atoms. The van der Waals surface area contributed by atoms with E-state index in [4.69, 9.17) is 20.8 Å². The van der Waals surface area contributed by atoms with Gasteiger partial charge in [0.05, 0.1) is 12.3 Å². The first kappa shape index (κ1) is 9.29. The van der Waals surface area contributed by atoms with E-state index in [9.17, 15) is 0 Å². The zero-order valence-electron chi connectivity index (χ0n) is 6.90. The number of hydrogen-bond donors (Lipinski definition) is 2. The normalized spacial score (nSPS) is 9.23. The molecule has 0 aliphatic rings. The first-order valence-corrected chi connectivity index (χ1v) is 3.68. The van der Waals surface area contributed by atoms with E-state index in [1.54, 1.807) is 6.07 Å². The van der Waals surface area contributed by atoms with E-state index >= 15 is 0 Å². The number of hydrogen-bond acceptors (Lipinski definition) is 5. The number of rotatable bonds is 3. The van der Waals surface area contributed by atoms with Gasteiger partial charge >= 0.3 is 0 Å². The summed E-state index contributed by atoms with van der Waals surface area (Å²) in [5.41, 5.74) is 5.89. The molecule has 13 heavy (non-hydrogen) atoms. The minimum absolute atomic E-state index is 0.0893. The van der Waals surface area contributed by atoms with E-state index in [1.807, 2.05) is 6.07 Å². The summed E-state index contributed by atoms with van der Waals surface area (Å²) in [5, 5.41) is 17.0. The summed E-state index contributed by atoms with van der Waals surface area (Å²) in [6.45, 7) is 0.0652. The summed E-state index contributed by atoms with van der Waals surface area (Å²) in [6.07, 6.45) is 0. The fourth-order valence-electron chi connectivity index (χ4n) is 0.772. The lowest BCUT2D eigenvalue weighted by atomic mass is 10.3. The molecule has 0 saturated heterocycles. The zero-order chi connectivity index (χ0) is 9.68. The predicted molar refractivity (Wildman–Crippen MR) is 45.9 cm³/mol. The molecule has 1 aromatic heterocycles. The summed E-state index contributed by atoms with van der Waals surface area (Å²) in [6, 6.07) is 4.92. The highest BCUT2D eigenvalue weighted by molar-refractivity contribution is 5.50. The molecular formula is C8H9N3O2. The monoisotopic (exact) mass is 179 g/mol. The van der Waals surface area contributed by atoms with Gasteiger partial charge in [-0.3, -0.25) is 0 Å². The van der Waals surface area contributed by atoms with Crippen molar-refractivity contribution in [3.8, 4) is 11.9 Å². The van der Waals surface area contributed by atoms with Crippen LogP contribution in [0.2, 0.25) is 0 Å². The Bertz CT molecular complexity index is 333. The second kappa shape index (κ2) is 4.28. The van der Waals surface area contributed by atoms with Gasteiger partial charge < -0.3 is 15.6 Å².